The molecule has 1 fully saturated rings. The number of rotatable bonds is 6. The third-order valence-electron chi connectivity index (χ3n) is 4.17. The van der Waals surface area contributed by atoms with Crippen molar-refractivity contribution >= 4 is 27.6 Å². The van der Waals surface area contributed by atoms with Crippen LogP contribution in [-0.2, 0) is 20.6 Å². The highest BCUT2D eigenvalue weighted by Gasteiger charge is 2.30. The van der Waals surface area contributed by atoms with E-state index in [0.29, 0.717) is 25.9 Å². The van der Waals surface area contributed by atoms with Crippen LogP contribution in [0.15, 0.2) is 18.2 Å². The molecule has 0 atom stereocenters. The molecule has 0 spiro atoms. The van der Waals surface area contributed by atoms with Crippen molar-refractivity contribution in [1.29, 1.82) is 0 Å². The van der Waals surface area contributed by atoms with Crippen molar-refractivity contribution < 1.29 is 22.7 Å². The van der Waals surface area contributed by atoms with E-state index in [-0.39, 0.29) is 23.2 Å². The van der Waals surface area contributed by atoms with Gasteiger partial charge in [-0.3, -0.25) is 9.69 Å². The lowest BCUT2D eigenvalue weighted by molar-refractivity contribution is -0.138. The number of nitrogens with zero attached hydrogens (tertiary/aromatic N) is 2. The topological polar surface area (TPSA) is 77.9 Å². The molecule has 1 heterocycles. The number of sulfonamides is 1. The highest BCUT2D eigenvalue weighted by Crippen LogP contribution is 2.22. The zero-order chi connectivity index (χ0) is 17.9. The maximum atomic E-state index is 13.8. The Hall–Kier alpha value is -1.22. The summed E-state index contributed by atoms with van der Waals surface area (Å²) in [5, 5.41) is 9.10. The van der Waals surface area contributed by atoms with E-state index in [1.807, 2.05) is 0 Å². The summed E-state index contributed by atoms with van der Waals surface area (Å²) < 4.78 is 40.0. The van der Waals surface area contributed by atoms with Gasteiger partial charge in [0.05, 0.1) is 12.3 Å². The summed E-state index contributed by atoms with van der Waals surface area (Å²) in [6.07, 6.45) is 1.09. The molecular formula is C15H20ClFN2O4S. The Bertz CT molecular complexity index is 705. The molecule has 1 aromatic carbocycles. The van der Waals surface area contributed by atoms with Gasteiger partial charge < -0.3 is 5.11 Å². The van der Waals surface area contributed by atoms with Gasteiger partial charge in [-0.25, -0.2) is 17.1 Å². The number of hydrogen-bond donors (Lipinski definition) is 1. The van der Waals surface area contributed by atoms with Crippen molar-refractivity contribution in [2.24, 2.45) is 0 Å². The first-order chi connectivity index (χ1) is 11.2. The number of carboxylic acids is 1. The number of carboxylic acid groups (broad SMARTS) is 1. The van der Waals surface area contributed by atoms with Crippen molar-refractivity contribution in [3.05, 3.63) is 34.6 Å². The Morgan fingerprint density at radius 1 is 1.42 bits per heavy atom. The third kappa shape index (κ3) is 4.89. The van der Waals surface area contributed by atoms with Crippen LogP contribution in [0.4, 0.5) is 4.39 Å². The van der Waals surface area contributed by atoms with Crippen LogP contribution in [0.1, 0.15) is 18.4 Å². The lowest BCUT2D eigenvalue weighted by Gasteiger charge is -2.35. The normalized spacial score (nSPS) is 17.3. The average molecular weight is 379 g/mol. The quantitative estimate of drug-likeness (QED) is 0.816. The van der Waals surface area contributed by atoms with Crippen LogP contribution in [0.3, 0.4) is 0 Å². The number of benzene rings is 1. The van der Waals surface area contributed by atoms with E-state index in [4.69, 9.17) is 16.7 Å². The molecule has 0 aromatic heterocycles. The monoisotopic (exact) mass is 378 g/mol. The van der Waals surface area contributed by atoms with Crippen LogP contribution in [0.2, 0.25) is 5.02 Å². The zero-order valence-corrected chi connectivity index (χ0v) is 14.9. The van der Waals surface area contributed by atoms with Gasteiger partial charge in [0, 0.05) is 29.7 Å². The van der Waals surface area contributed by atoms with Crippen LogP contribution in [0.5, 0.6) is 0 Å². The standard InChI is InChI=1S/C15H20ClFN2O4S/c1-18(9-15(20)21)13-4-6-19(7-5-13)24(22,23)10-11-8-12(16)2-3-14(11)17/h2-3,8,13H,4-7,9-10H2,1H3,(H,20,21). The van der Waals surface area contributed by atoms with E-state index in [9.17, 15) is 17.6 Å². The number of piperidine rings is 1. The lowest BCUT2D eigenvalue weighted by atomic mass is 10.1. The van der Waals surface area contributed by atoms with E-state index < -0.39 is 27.6 Å². The highest BCUT2D eigenvalue weighted by atomic mass is 35.5. The Balaban J connectivity index is 1.99. The summed E-state index contributed by atoms with van der Waals surface area (Å²) in [6.45, 7) is 0.503. The lowest BCUT2D eigenvalue weighted by Crippen LogP contribution is -2.46. The molecule has 134 valence electrons. The van der Waals surface area contributed by atoms with Crippen molar-refractivity contribution in [2.75, 3.05) is 26.7 Å². The molecule has 24 heavy (non-hydrogen) atoms. The molecule has 1 aromatic rings. The molecule has 0 aliphatic carbocycles. The van der Waals surface area contributed by atoms with E-state index in [1.54, 1.807) is 11.9 Å². The van der Waals surface area contributed by atoms with Gasteiger partial charge in [0.15, 0.2) is 0 Å². The number of likely N-dealkylation sites (N-methyl/N-ethyl adjacent to an activating group) is 1. The van der Waals surface area contributed by atoms with Gasteiger partial charge in [-0.15, -0.1) is 0 Å². The Morgan fingerprint density at radius 3 is 2.62 bits per heavy atom. The maximum Gasteiger partial charge on any atom is 0.317 e. The van der Waals surface area contributed by atoms with Gasteiger partial charge in [0.25, 0.3) is 0 Å². The number of carbonyl (C=O) groups is 1. The molecule has 1 saturated heterocycles. The maximum absolute atomic E-state index is 13.8. The van der Waals surface area contributed by atoms with Gasteiger partial charge in [-0.1, -0.05) is 11.6 Å². The zero-order valence-electron chi connectivity index (χ0n) is 13.3. The fraction of sp³-hybridized carbons (Fsp3) is 0.533. The van der Waals surface area contributed by atoms with Crippen LogP contribution in [0.25, 0.3) is 0 Å². The van der Waals surface area contributed by atoms with Crippen molar-refractivity contribution in [1.82, 2.24) is 9.21 Å². The van der Waals surface area contributed by atoms with Gasteiger partial charge in [0.1, 0.15) is 5.82 Å². The van der Waals surface area contributed by atoms with Crippen LogP contribution in [0, 0.1) is 5.82 Å². The Morgan fingerprint density at radius 2 is 2.04 bits per heavy atom. The molecule has 0 radical (unpaired) electrons. The average Bonchev–Trinajstić information content (AvgIpc) is 2.50. The SMILES string of the molecule is CN(CC(=O)O)C1CCN(S(=O)(=O)Cc2cc(Cl)ccc2F)CC1. The molecule has 1 aliphatic heterocycles. The molecule has 1 N–H and O–H groups in total. The third-order valence-corrected chi connectivity index (χ3v) is 6.23. The molecule has 6 nitrogen and oxygen atoms in total. The second-order valence-corrected chi connectivity index (χ2v) is 8.34. The van der Waals surface area contributed by atoms with Crippen LogP contribution < -0.4 is 0 Å². The molecule has 2 rings (SSSR count). The summed E-state index contributed by atoms with van der Waals surface area (Å²) in [6, 6.07) is 3.87. The van der Waals surface area contributed by atoms with Crippen LogP contribution in [-0.4, -0.2) is 61.4 Å². The largest absolute Gasteiger partial charge is 0.480 e. The molecule has 1 aliphatic rings. The van der Waals surface area contributed by atoms with Crippen molar-refractivity contribution in [3.8, 4) is 0 Å². The van der Waals surface area contributed by atoms with E-state index in [1.165, 1.54) is 16.4 Å². The first-order valence-corrected chi connectivity index (χ1v) is 9.51. The van der Waals surface area contributed by atoms with Crippen molar-refractivity contribution in [3.63, 3.8) is 0 Å². The summed E-state index contributed by atoms with van der Waals surface area (Å²) in [5.41, 5.74) is 0.0487. The molecule has 0 saturated carbocycles. The predicted octanol–water partition coefficient (Wildman–Crippen LogP) is 1.79. The van der Waals surface area contributed by atoms with Gasteiger partial charge >= 0.3 is 5.97 Å². The van der Waals surface area contributed by atoms with Crippen molar-refractivity contribution in [2.45, 2.75) is 24.6 Å². The second-order valence-electron chi connectivity index (χ2n) is 5.93. The Labute approximate surface area is 145 Å². The molecule has 0 unspecified atom stereocenters. The fourth-order valence-electron chi connectivity index (χ4n) is 2.85. The first-order valence-electron chi connectivity index (χ1n) is 7.53. The number of halogens is 2. The van der Waals surface area contributed by atoms with E-state index >= 15 is 0 Å². The Kier molecular flexibility index (Phi) is 6.19. The summed E-state index contributed by atoms with van der Waals surface area (Å²) >= 11 is 5.80. The minimum atomic E-state index is -3.65. The van der Waals surface area contributed by atoms with Gasteiger partial charge in [-0.2, -0.15) is 0 Å². The fourth-order valence-corrected chi connectivity index (χ4v) is 4.60. The highest BCUT2D eigenvalue weighted by molar-refractivity contribution is 7.88. The number of aliphatic carboxylic acids is 1. The molecule has 0 bridgehead atoms. The smallest absolute Gasteiger partial charge is 0.317 e. The molecule has 9 heteroatoms. The molecular weight excluding hydrogens is 359 g/mol. The predicted molar refractivity (Wildman–Crippen MR) is 88.9 cm³/mol. The minimum absolute atomic E-state index is 0.0236. The summed E-state index contributed by atoms with van der Waals surface area (Å²) in [4.78, 5) is 12.5. The summed E-state index contributed by atoms with van der Waals surface area (Å²) in [7, 11) is -1.94. The van der Waals surface area contributed by atoms with E-state index in [0.717, 1.165) is 6.07 Å². The minimum Gasteiger partial charge on any atom is -0.480 e. The first kappa shape index (κ1) is 19.1. The van der Waals surface area contributed by atoms with Gasteiger partial charge in [0.2, 0.25) is 10.0 Å². The van der Waals surface area contributed by atoms with E-state index in [2.05, 4.69) is 0 Å². The number of hydrogen-bond acceptors (Lipinski definition) is 4. The van der Waals surface area contributed by atoms with Crippen LogP contribution >= 0.6 is 11.6 Å². The van der Waals surface area contributed by atoms with Gasteiger partial charge in [-0.05, 0) is 38.1 Å². The second kappa shape index (κ2) is 7.77. The molecule has 0 amide bonds. The summed E-state index contributed by atoms with van der Waals surface area (Å²) in [5.74, 6) is -1.95.